The zero-order valence-corrected chi connectivity index (χ0v) is 25.1. The minimum atomic E-state index is -1.20. The second-order valence-corrected chi connectivity index (χ2v) is 13.2. The number of carboxylic acids is 1. The lowest BCUT2D eigenvalue weighted by Gasteiger charge is -2.59. The van der Waals surface area contributed by atoms with Gasteiger partial charge in [-0.25, -0.2) is 4.79 Å². The van der Waals surface area contributed by atoms with Gasteiger partial charge < -0.3 is 25.7 Å². The van der Waals surface area contributed by atoms with Crippen LogP contribution in [0.15, 0.2) is 16.8 Å². The minimum Gasteiger partial charge on any atom is -0.480 e. The lowest BCUT2D eigenvalue weighted by molar-refractivity contribution is -0.159. The first-order valence-corrected chi connectivity index (χ1v) is 15.2. The van der Waals surface area contributed by atoms with Gasteiger partial charge in [0.25, 0.3) is 5.91 Å². The summed E-state index contributed by atoms with van der Waals surface area (Å²) in [4.78, 5) is 53.7. The van der Waals surface area contributed by atoms with Gasteiger partial charge in [-0.2, -0.15) is 0 Å². The molecule has 4 N–H and O–H groups in total. The van der Waals surface area contributed by atoms with Crippen molar-refractivity contribution in [2.75, 3.05) is 6.61 Å². The molecular weight excluding hydrogens is 526 g/mol. The van der Waals surface area contributed by atoms with Crippen molar-refractivity contribution in [2.45, 2.75) is 117 Å². The van der Waals surface area contributed by atoms with Gasteiger partial charge in [0.1, 0.15) is 17.7 Å². The lowest BCUT2D eigenvalue weighted by atomic mass is 9.46. The molecule has 2 amide bonds. The van der Waals surface area contributed by atoms with Crippen molar-refractivity contribution in [3.8, 4) is 0 Å². The average Bonchev–Trinajstić information content (AvgIpc) is 3.20. The van der Waals surface area contributed by atoms with Gasteiger partial charge in [-0.1, -0.05) is 37.9 Å². The summed E-state index contributed by atoms with van der Waals surface area (Å²) < 4.78 is 0. The first-order chi connectivity index (χ1) is 19.3. The van der Waals surface area contributed by atoms with Crippen LogP contribution >= 0.6 is 0 Å². The minimum absolute atomic E-state index is 0.0476. The van der Waals surface area contributed by atoms with E-state index in [1.807, 2.05) is 6.92 Å². The maximum Gasteiger partial charge on any atom is 0.326 e. The van der Waals surface area contributed by atoms with E-state index in [2.05, 4.69) is 35.7 Å². The number of carbonyl (C=O) groups is 4. The van der Waals surface area contributed by atoms with E-state index in [1.54, 1.807) is 6.92 Å². The Hall–Kier alpha value is -2.75. The smallest absolute Gasteiger partial charge is 0.326 e. The Labute approximate surface area is 242 Å². The van der Waals surface area contributed by atoms with Gasteiger partial charge in [0.15, 0.2) is 12.4 Å². The second kappa shape index (κ2) is 11.9. The first-order valence-electron chi connectivity index (χ1n) is 15.2. The third-order valence-electron chi connectivity index (χ3n) is 11.1. The van der Waals surface area contributed by atoms with Crippen LogP contribution in [-0.4, -0.2) is 63.8 Å². The van der Waals surface area contributed by atoms with Crippen molar-refractivity contribution in [1.82, 2.24) is 10.6 Å². The third kappa shape index (κ3) is 5.68. The van der Waals surface area contributed by atoms with E-state index in [4.69, 9.17) is 4.84 Å². The topological polar surface area (TPSA) is 154 Å². The molecule has 4 rings (SSSR count). The van der Waals surface area contributed by atoms with Gasteiger partial charge in [0.05, 0.1) is 5.71 Å². The number of rotatable bonds is 10. The van der Waals surface area contributed by atoms with Crippen LogP contribution in [0.1, 0.15) is 98.8 Å². The molecule has 228 valence electrons. The first kappa shape index (κ1) is 31.2. The molecule has 0 bridgehead atoms. The van der Waals surface area contributed by atoms with E-state index in [0.29, 0.717) is 37.0 Å². The zero-order valence-electron chi connectivity index (χ0n) is 25.1. The Bertz CT molecular complexity index is 1130. The molecule has 0 aromatic rings. The zero-order chi connectivity index (χ0) is 30.2. The molecule has 0 heterocycles. The molecule has 0 aromatic heterocycles. The monoisotopic (exact) mass is 573 g/mol. The second-order valence-electron chi connectivity index (χ2n) is 13.2. The molecule has 8 atom stereocenters. The number of allylic oxidation sites excluding steroid dienone is 2. The summed E-state index contributed by atoms with van der Waals surface area (Å²) in [5, 5.41) is 29.8. The number of fused-ring (bicyclic) bond motifs is 5. The molecule has 0 saturated heterocycles. The molecule has 0 radical (unpaired) electrons. The van der Waals surface area contributed by atoms with Crippen LogP contribution in [0, 0.1) is 28.6 Å². The van der Waals surface area contributed by atoms with E-state index in [1.165, 1.54) is 12.5 Å². The summed E-state index contributed by atoms with van der Waals surface area (Å²) in [6, 6.07) is -1.90. The summed E-state index contributed by atoms with van der Waals surface area (Å²) in [5.74, 6) is -0.915. The van der Waals surface area contributed by atoms with Crippen molar-refractivity contribution < 1.29 is 34.2 Å². The number of aliphatic carboxylic acids is 1. The SMILES string of the molecule is CCC[C@H](NC(=O)[C@H](C)NC(=O)CO/N=C1/C=C2CC[C@@H]3[C@H](CC[C@@]4(C)[C@H]3CC[C@]4(O)C(C)=O)[C@@]2(C)CC1)C(=O)O. The molecule has 4 aliphatic carbocycles. The van der Waals surface area contributed by atoms with Crippen molar-refractivity contribution in [1.29, 1.82) is 0 Å². The normalized spacial score (nSPS) is 36.6. The molecule has 3 fully saturated rings. The number of Topliss-reactive ketones (excluding diaryl/α,β-unsaturated/α-hetero) is 1. The Morgan fingerprint density at radius 2 is 1.78 bits per heavy atom. The predicted octanol–water partition coefficient (Wildman–Crippen LogP) is 3.52. The highest BCUT2D eigenvalue weighted by Gasteiger charge is 2.65. The summed E-state index contributed by atoms with van der Waals surface area (Å²) in [7, 11) is 0. The van der Waals surface area contributed by atoms with E-state index in [-0.39, 0.29) is 23.2 Å². The molecule has 41 heavy (non-hydrogen) atoms. The summed E-state index contributed by atoms with van der Waals surface area (Å²) in [6.07, 6.45) is 10.0. The highest BCUT2D eigenvalue weighted by molar-refractivity contribution is 5.96. The van der Waals surface area contributed by atoms with Gasteiger partial charge >= 0.3 is 5.97 Å². The number of nitrogens with zero attached hydrogens (tertiary/aromatic N) is 1. The van der Waals surface area contributed by atoms with Crippen molar-refractivity contribution in [2.24, 2.45) is 33.7 Å². The highest BCUT2D eigenvalue weighted by Crippen LogP contribution is 2.67. The molecule has 3 saturated carbocycles. The van der Waals surface area contributed by atoms with Crippen LogP contribution in [0.3, 0.4) is 0 Å². The van der Waals surface area contributed by atoms with Gasteiger partial charge in [-0.05, 0) is 101 Å². The fourth-order valence-corrected chi connectivity index (χ4v) is 8.60. The van der Waals surface area contributed by atoms with E-state index in [9.17, 15) is 29.4 Å². The summed E-state index contributed by atoms with van der Waals surface area (Å²) in [6.45, 7) is 9.02. The van der Waals surface area contributed by atoms with Crippen molar-refractivity contribution in [3.05, 3.63) is 11.6 Å². The molecule has 0 aromatic carbocycles. The quantitative estimate of drug-likeness (QED) is 0.292. The molecular formula is C31H47N3O7. The predicted molar refractivity (Wildman–Crippen MR) is 153 cm³/mol. The molecule has 10 heteroatoms. The number of hydrogen-bond donors (Lipinski definition) is 4. The third-order valence-corrected chi connectivity index (χ3v) is 11.1. The molecule has 10 nitrogen and oxygen atoms in total. The Kier molecular flexibility index (Phi) is 9.02. The van der Waals surface area contributed by atoms with Crippen LogP contribution in [0.2, 0.25) is 0 Å². The number of carbonyl (C=O) groups excluding carboxylic acids is 3. The van der Waals surface area contributed by atoms with Gasteiger partial charge in [-0.15, -0.1) is 0 Å². The summed E-state index contributed by atoms with van der Waals surface area (Å²) >= 11 is 0. The standard InChI is InChI=1S/C31H47N3O7/c1-6-7-25(28(38)39)33-27(37)18(2)32-26(36)17-41-34-21-10-13-29(4)20(16-21)8-9-22-23(29)11-14-30(5)24(22)12-15-31(30,40)19(3)35/h16,18,22-25,40H,6-15,17H2,1-5H3,(H,32,36)(H,33,37)(H,38,39)/b34-21+/t18-,22+,23-,24-,25-,29-,30-,31-/m0/s1. The fourth-order valence-electron chi connectivity index (χ4n) is 8.60. The Morgan fingerprint density at radius 1 is 1.07 bits per heavy atom. The van der Waals surface area contributed by atoms with Gasteiger partial charge in [-0.3, -0.25) is 14.4 Å². The number of carboxylic acid groups (broad SMARTS) is 1. The van der Waals surface area contributed by atoms with E-state index in [0.717, 1.165) is 50.7 Å². The number of hydrogen-bond acceptors (Lipinski definition) is 7. The largest absolute Gasteiger partial charge is 0.480 e. The van der Waals surface area contributed by atoms with Crippen LogP contribution < -0.4 is 10.6 Å². The van der Waals surface area contributed by atoms with Gasteiger partial charge in [0.2, 0.25) is 5.91 Å². The number of ketones is 1. The molecule has 4 aliphatic rings. The highest BCUT2D eigenvalue weighted by atomic mass is 16.6. The molecule has 0 aliphatic heterocycles. The average molecular weight is 574 g/mol. The fraction of sp³-hybridized carbons (Fsp3) is 0.774. The number of amides is 2. The number of aliphatic hydroxyl groups is 1. The van der Waals surface area contributed by atoms with E-state index >= 15 is 0 Å². The maximum absolute atomic E-state index is 12.5. The van der Waals surface area contributed by atoms with Crippen molar-refractivity contribution in [3.63, 3.8) is 0 Å². The maximum atomic E-state index is 12.5. The molecule has 0 unspecified atom stereocenters. The van der Waals surface area contributed by atoms with Crippen LogP contribution in [0.25, 0.3) is 0 Å². The Morgan fingerprint density at radius 3 is 2.44 bits per heavy atom. The number of oxime groups is 1. The van der Waals surface area contributed by atoms with E-state index < -0.39 is 35.5 Å². The Balaban J connectivity index is 1.33. The molecule has 0 spiro atoms. The van der Waals surface area contributed by atoms with Crippen LogP contribution in [0.4, 0.5) is 0 Å². The van der Waals surface area contributed by atoms with Crippen LogP contribution in [0.5, 0.6) is 0 Å². The lowest BCUT2D eigenvalue weighted by Crippen LogP contribution is -2.57. The number of nitrogens with one attached hydrogen (secondary N) is 2. The van der Waals surface area contributed by atoms with Crippen molar-refractivity contribution >= 4 is 29.3 Å². The van der Waals surface area contributed by atoms with Gasteiger partial charge in [0, 0.05) is 5.41 Å². The van der Waals surface area contributed by atoms with Crippen LogP contribution in [-0.2, 0) is 24.0 Å². The summed E-state index contributed by atoms with van der Waals surface area (Å²) in [5.41, 5.74) is 0.661.